The second-order valence-electron chi connectivity index (χ2n) is 4.80. The fourth-order valence-electron chi connectivity index (χ4n) is 3.14. The summed E-state index contributed by atoms with van der Waals surface area (Å²) in [6.07, 6.45) is 6.89. The van der Waals surface area contributed by atoms with Crippen LogP contribution in [0.2, 0.25) is 0 Å². The highest BCUT2D eigenvalue weighted by molar-refractivity contribution is 7.07. The maximum absolute atomic E-state index is 4.49. The van der Waals surface area contributed by atoms with E-state index in [0.717, 1.165) is 11.8 Å². The van der Waals surface area contributed by atoms with E-state index in [9.17, 15) is 0 Å². The fraction of sp³-hybridized carbons (Fsp3) is 0.769. The Kier molecular flexibility index (Phi) is 4.36. The van der Waals surface area contributed by atoms with Crippen molar-refractivity contribution in [3.63, 3.8) is 0 Å². The van der Waals surface area contributed by atoms with Gasteiger partial charge in [0.2, 0.25) is 0 Å². The van der Waals surface area contributed by atoms with Crippen LogP contribution in [0.4, 0.5) is 0 Å². The van der Waals surface area contributed by atoms with Crippen LogP contribution in [0.25, 0.3) is 0 Å². The molecule has 3 unspecified atom stereocenters. The molecule has 0 spiro atoms. The zero-order valence-electron chi connectivity index (χ0n) is 10.3. The molecular weight excluding hydrogens is 216 g/mol. The van der Waals surface area contributed by atoms with Gasteiger partial charge in [0.05, 0.1) is 17.2 Å². The van der Waals surface area contributed by atoms with Gasteiger partial charge in [0.15, 0.2) is 0 Å². The lowest BCUT2D eigenvalue weighted by atomic mass is 9.73. The van der Waals surface area contributed by atoms with Gasteiger partial charge in [0, 0.05) is 5.38 Å². The number of thiazole rings is 1. The summed E-state index contributed by atoms with van der Waals surface area (Å²) in [6.45, 7) is 2.33. The predicted molar refractivity (Wildman–Crippen MR) is 69.7 cm³/mol. The van der Waals surface area contributed by atoms with Crippen LogP contribution in [-0.2, 0) is 0 Å². The molecule has 1 aromatic rings. The monoisotopic (exact) mass is 238 g/mol. The van der Waals surface area contributed by atoms with Gasteiger partial charge in [-0.15, -0.1) is 11.3 Å². The molecule has 90 valence electrons. The zero-order valence-corrected chi connectivity index (χ0v) is 11.1. The van der Waals surface area contributed by atoms with E-state index in [1.807, 2.05) is 5.51 Å². The standard InChI is InChI=1S/C13H22N2S/c1-3-10-6-4-5-7-11(10)13(14-2)12-8-16-9-15-12/h8-11,13-14H,3-7H2,1-2H3. The van der Waals surface area contributed by atoms with E-state index < -0.39 is 0 Å². The summed E-state index contributed by atoms with van der Waals surface area (Å²) in [5.41, 5.74) is 3.20. The number of aromatic nitrogens is 1. The van der Waals surface area contributed by atoms with Gasteiger partial charge in [-0.05, 0) is 25.3 Å². The second kappa shape index (κ2) is 5.78. The lowest BCUT2D eigenvalue weighted by Crippen LogP contribution is -2.32. The summed E-state index contributed by atoms with van der Waals surface area (Å²) in [6, 6.07) is 0.469. The molecule has 1 N–H and O–H groups in total. The highest BCUT2D eigenvalue weighted by Gasteiger charge is 2.31. The van der Waals surface area contributed by atoms with Gasteiger partial charge in [-0.1, -0.05) is 32.6 Å². The summed E-state index contributed by atoms with van der Waals surface area (Å²) >= 11 is 1.71. The molecule has 3 heteroatoms. The average Bonchev–Trinajstić information content (AvgIpc) is 2.84. The third-order valence-corrected chi connectivity index (χ3v) is 4.61. The first kappa shape index (κ1) is 12.1. The van der Waals surface area contributed by atoms with Crippen molar-refractivity contribution in [2.75, 3.05) is 7.05 Å². The minimum absolute atomic E-state index is 0.469. The SMILES string of the molecule is CCC1CCCCC1C(NC)c1cscn1. The zero-order chi connectivity index (χ0) is 11.4. The molecular formula is C13H22N2S. The summed E-state index contributed by atoms with van der Waals surface area (Å²) in [5, 5.41) is 5.68. The number of hydrogen-bond donors (Lipinski definition) is 1. The van der Waals surface area contributed by atoms with Crippen molar-refractivity contribution in [2.24, 2.45) is 11.8 Å². The summed E-state index contributed by atoms with van der Waals surface area (Å²) in [7, 11) is 2.07. The van der Waals surface area contributed by atoms with Crippen molar-refractivity contribution in [3.05, 3.63) is 16.6 Å². The first-order valence-electron chi connectivity index (χ1n) is 6.42. The van der Waals surface area contributed by atoms with Crippen LogP contribution in [0.5, 0.6) is 0 Å². The van der Waals surface area contributed by atoms with Gasteiger partial charge in [-0.25, -0.2) is 4.98 Å². The summed E-state index contributed by atoms with van der Waals surface area (Å²) in [4.78, 5) is 4.49. The first-order chi connectivity index (χ1) is 7.86. The molecule has 0 radical (unpaired) electrons. The number of nitrogens with zero attached hydrogens (tertiary/aromatic N) is 1. The largest absolute Gasteiger partial charge is 0.311 e. The summed E-state index contributed by atoms with van der Waals surface area (Å²) in [5.74, 6) is 1.67. The molecule has 2 nitrogen and oxygen atoms in total. The van der Waals surface area contributed by atoms with Gasteiger partial charge >= 0.3 is 0 Å². The molecule has 1 saturated carbocycles. The number of hydrogen-bond acceptors (Lipinski definition) is 3. The van der Waals surface area contributed by atoms with E-state index in [0.29, 0.717) is 6.04 Å². The Morgan fingerprint density at radius 1 is 1.50 bits per heavy atom. The predicted octanol–water partition coefficient (Wildman–Crippen LogP) is 3.62. The lowest BCUT2D eigenvalue weighted by molar-refractivity contribution is 0.178. The van der Waals surface area contributed by atoms with Gasteiger partial charge in [0.1, 0.15) is 0 Å². The quantitative estimate of drug-likeness (QED) is 0.866. The van der Waals surface area contributed by atoms with Gasteiger partial charge in [-0.3, -0.25) is 0 Å². The van der Waals surface area contributed by atoms with Crippen molar-refractivity contribution in [2.45, 2.75) is 45.1 Å². The van der Waals surface area contributed by atoms with E-state index in [4.69, 9.17) is 0 Å². The molecule has 1 aliphatic carbocycles. The van der Waals surface area contributed by atoms with Crippen LogP contribution < -0.4 is 5.32 Å². The van der Waals surface area contributed by atoms with Crippen LogP contribution in [0.15, 0.2) is 10.9 Å². The molecule has 1 heterocycles. The third-order valence-electron chi connectivity index (χ3n) is 4.00. The van der Waals surface area contributed by atoms with Gasteiger partial charge in [0.25, 0.3) is 0 Å². The molecule has 0 aliphatic heterocycles. The Balaban J connectivity index is 2.13. The van der Waals surface area contributed by atoms with Crippen LogP contribution in [0, 0.1) is 11.8 Å². The van der Waals surface area contributed by atoms with E-state index in [2.05, 4.69) is 29.7 Å². The Bertz CT molecular complexity index is 297. The molecule has 1 fully saturated rings. The first-order valence-corrected chi connectivity index (χ1v) is 7.36. The summed E-state index contributed by atoms with van der Waals surface area (Å²) < 4.78 is 0. The maximum atomic E-state index is 4.49. The van der Waals surface area contributed by atoms with Gasteiger partial charge < -0.3 is 5.32 Å². The molecule has 16 heavy (non-hydrogen) atoms. The van der Waals surface area contributed by atoms with E-state index >= 15 is 0 Å². The van der Waals surface area contributed by atoms with Gasteiger partial charge in [-0.2, -0.15) is 0 Å². The molecule has 2 rings (SSSR count). The lowest BCUT2D eigenvalue weighted by Gasteiger charge is -2.36. The molecule has 0 bridgehead atoms. The highest BCUT2D eigenvalue weighted by atomic mass is 32.1. The Morgan fingerprint density at radius 2 is 2.31 bits per heavy atom. The van der Waals surface area contributed by atoms with Crippen molar-refractivity contribution < 1.29 is 0 Å². The average molecular weight is 238 g/mol. The van der Waals surface area contributed by atoms with E-state index in [1.165, 1.54) is 37.8 Å². The van der Waals surface area contributed by atoms with Crippen molar-refractivity contribution in [1.82, 2.24) is 10.3 Å². The minimum Gasteiger partial charge on any atom is -0.311 e. The Morgan fingerprint density at radius 3 is 2.94 bits per heavy atom. The number of nitrogens with one attached hydrogen (secondary N) is 1. The molecule has 0 amide bonds. The van der Waals surface area contributed by atoms with E-state index in [1.54, 1.807) is 11.3 Å². The second-order valence-corrected chi connectivity index (χ2v) is 5.51. The Labute approximate surface area is 102 Å². The minimum atomic E-state index is 0.469. The Hall–Kier alpha value is -0.410. The van der Waals surface area contributed by atoms with Crippen LogP contribution in [-0.4, -0.2) is 12.0 Å². The normalized spacial score (nSPS) is 27.9. The van der Waals surface area contributed by atoms with Crippen LogP contribution in [0.1, 0.15) is 50.8 Å². The molecule has 1 aliphatic rings. The third kappa shape index (κ3) is 2.46. The fourth-order valence-corrected chi connectivity index (χ4v) is 3.73. The van der Waals surface area contributed by atoms with Crippen molar-refractivity contribution >= 4 is 11.3 Å². The highest BCUT2D eigenvalue weighted by Crippen LogP contribution is 2.39. The van der Waals surface area contributed by atoms with Crippen LogP contribution in [0.3, 0.4) is 0 Å². The molecule has 1 aromatic heterocycles. The van der Waals surface area contributed by atoms with Crippen LogP contribution >= 0.6 is 11.3 Å². The number of rotatable bonds is 4. The topological polar surface area (TPSA) is 24.9 Å². The van der Waals surface area contributed by atoms with Crippen molar-refractivity contribution in [3.8, 4) is 0 Å². The van der Waals surface area contributed by atoms with E-state index in [-0.39, 0.29) is 0 Å². The molecule has 3 atom stereocenters. The maximum Gasteiger partial charge on any atom is 0.0795 e. The molecule has 0 aromatic carbocycles. The molecule has 0 saturated heterocycles. The van der Waals surface area contributed by atoms with Crippen molar-refractivity contribution in [1.29, 1.82) is 0 Å². The smallest absolute Gasteiger partial charge is 0.0795 e.